The molecule has 0 saturated heterocycles. The molecule has 3 aromatic rings. The highest BCUT2D eigenvalue weighted by atomic mass is 16.1. The fourth-order valence-electron chi connectivity index (χ4n) is 1.99. The zero-order valence-corrected chi connectivity index (χ0v) is 11.7. The molecule has 0 unspecified atom stereocenters. The average Bonchev–Trinajstić information content (AvgIpc) is 3.13. The molecule has 7 nitrogen and oxygen atoms in total. The summed E-state index contributed by atoms with van der Waals surface area (Å²) in [6.45, 7) is 3.69. The Labute approximate surface area is 121 Å². The Kier molecular flexibility index (Phi) is 3.23. The van der Waals surface area contributed by atoms with Gasteiger partial charge in [0.1, 0.15) is 12.1 Å². The van der Waals surface area contributed by atoms with Crippen molar-refractivity contribution in [2.75, 3.05) is 5.32 Å². The largest absolute Gasteiger partial charge is 0.319 e. The Morgan fingerprint density at radius 1 is 1.33 bits per heavy atom. The van der Waals surface area contributed by atoms with Gasteiger partial charge in [0.25, 0.3) is 5.91 Å². The minimum absolute atomic E-state index is 0.215. The zero-order chi connectivity index (χ0) is 14.8. The van der Waals surface area contributed by atoms with Crippen LogP contribution in [0, 0.1) is 13.8 Å². The highest BCUT2D eigenvalue weighted by molar-refractivity contribution is 6.04. The molecule has 0 spiro atoms. The number of anilines is 1. The van der Waals surface area contributed by atoms with Gasteiger partial charge in [-0.25, -0.2) is 9.97 Å². The second-order valence-electron chi connectivity index (χ2n) is 4.64. The molecule has 3 heterocycles. The first kappa shape index (κ1) is 13.0. The highest BCUT2D eigenvalue weighted by Gasteiger charge is 2.12. The molecule has 3 rings (SSSR count). The van der Waals surface area contributed by atoms with Crippen LogP contribution in [0.25, 0.3) is 5.82 Å². The van der Waals surface area contributed by atoms with Gasteiger partial charge in [0.15, 0.2) is 0 Å². The van der Waals surface area contributed by atoms with Crippen molar-refractivity contribution in [1.82, 2.24) is 24.7 Å². The molecular formula is C14H14N6O. The summed E-state index contributed by atoms with van der Waals surface area (Å²) in [6, 6.07) is 3.49. The number of H-pyrrole nitrogens is 1. The van der Waals surface area contributed by atoms with Gasteiger partial charge in [0.05, 0.1) is 22.6 Å². The summed E-state index contributed by atoms with van der Waals surface area (Å²) in [5.74, 6) is 0.493. The molecule has 0 saturated carbocycles. The number of aromatic amines is 1. The molecule has 0 radical (unpaired) electrons. The van der Waals surface area contributed by atoms with Gasteiger partial charge in [0.2, 0.25) is 0 Å². The molecule has 2 N–H and O–H groups in total. The van der Waals surface area contributed by atoms with E-state index in [-0.39, 0.29) is 5.91 Å². The number of carbonyl (C=O) groups excluding carboxylic acids is 1. The van der Waals surface area contributed by atoms with Crippen molar-refractivity contribution < 1.29 is 4.79 Å². The number of rotatable bonds is 3. The van der Waals surface area contributed by atoms with Crippen LogP contribution >= 0.6 is 0 Å². The fraction of sp³-hybridized carbons (Fsp3) is 0.143. The molecule has 0 aromatic carbocycles. The van der Waals surface area contributed by atoms with Crippen LogP contribution < -0.4 is 5.32 Å². The molecule has 1 amide bonds. The van der Waals surface area contributed by atoms with Crippen LogP contribution in [-0.4, -0.2) is 30.6 Å². The number of nitrogens with zero attached hydrogens (tertiary/aromatic N) is 4. The van der Waals surface area contributed by atoms with Crippen LogP contribution in [0.2, 0.25) is 0 Å². The molecule has 106 valence electrons. The van der Waals surface area contributed by atoms with Crippen LogP contribution in [0.3, 0.4) is 0 Å². The predicted molar refractivity (Wildman–Crippen MR) is 77.4 cm³/mol. The van der Waals surface area contributed by atoms with Gasteiger partial charge in [-0.15, -0.1) is 0 Å². The first-order valence-corrected chi connectivity index (χ1v) is 6.42. The molecule has 0 fully saturated rings. The summed E-state index contributed by atoms with van der Waals surface area (Å²) < 4.78 is 1.77. The highest BCUT2D eigenvalue weighted by Crippen LogP contribution is 2.17. The maximum atomic E-state index is 12.2. The van der Waals surface area contributed by atoms with E-state index in [0.717, 1.165) is 11.4 Å². The van der Waals surface area contributed by atoms with Gasteiger partial charge in [-0.1, -0.05) is 0 Å². The van der Waals surface area contributed by atoms with Gasteiger partial charge in [-0.05, 0) is 26.0 Å². The molecule has 0 atom stereocenters. The van der Waals surface area contributed by atoms with E-state index in [4.69, 9.17) is 0 Å². The number of hydrogen-bond acceptors (Lipinski definition) is 4. The summed E-state index contributed by atoms with van der Waals surface area (Å²) >= 11 is 0. The maximum Gasteiger partial charge on any atom is 0.257 e. The molecule has 3 aromatic heterocycles. The second-order valence-corrected chi connectivity index (χ2v) is 4.64. The SMILES string of the molecule is Cc1n[nH]c(C)c1NC(=O)c1ccc(-n2ccnc2)nc1. The molecule has 0 aliphatic heterocycles. The molecule has 21 heavy (non-hydrogen) atoms. The second kappa shape index (κ2) is 5.20. The van der Waals surface area contributed by atoms with Gasteiger partial charge in [-0.2, -0.15) is 5.10 Å². The first-order chi connectivity index (χ1) is 10.1. The number of amides is 1. The van der Waals surface area contributed by atoms with Crippen LogP contribution in [0.15, 0.2) is 37.1 Å². The number of imidazole rings is 1. The summed E-state index contributed by atoms with van der Waals surface area (Å²) in [7, 11) is 0. The van der Waals surface area contributed by atoms with Crippen molar-refractivity contribution in [2.24, 2.45) is 0 Å². The number of hydrogen-bond donors (Lipinski definition) is 2. The van der Waals surface area contributed by atoms with E-state index in [2.05, 4.69) is 25.5 Å². The average molecular weight is 282 g/mol. The standard InChI is InChI=1S/C14H14N6O/c1-9-13(10(2)19-18-9)17-14(21)11-3-4-12(16-7-11)20-6-5-15-8-20/h3-8H,1-2H3,(H,17,21)(H,18,19). The normalized spacial score (nSPS) is 10.6. The molecular weight excluding hydrogens is 268 g/mol. The van der Waals surface area contributed by atoms with E-state index in [0.29, 0.717) is 17.1 Å². The van der Waals surface area contributed by atoms with Crippen LogP contribution in [-0.2, 0) is 0 Å². The first-order valence-electron chi connectivity index (χ1n) is 6.42. The predicted octanol–water partition coefficient (Wildman–Crippen LogP) is 1.86. The minimum atomic E-state index is -0.215. The summed E-state index contributed by atoms with van der Waals surface area (Å²) in [5, 5.41) is 9.71. The Balaban J connectivity index is 1.79. The molecule has 0 aliphatic carbocycles. The van der Waals surface area contributed by atoms with Crippen molar-refractivity contribution in [3.05, 3.63) is 54.0 Å². The summed E-state index contributed by atoms with van der Waals surface area (Å²) in [4.78, 5) is 20.4. The Morgan fingerprint density at radius 2 is 2.19 bits per heavy atom. The third kappa shape index (κ3) is 2.53. The number of carbonyl (C=O) groups is 1. The van der Waals surface area contributed by atoms with Gasteiger partial charge >= 0.3 is 0 Å². The lowest BCUT2D eigenvalue weighted by Gasteiger charge is -2.06. The molecule has 0 aliphatic rings. The summed E-state index contributed by atoms with van der Waals surface area (Å²) in [6.07, 6.45) is 6.66. The Bertz CT molecular complexity index is 738. The van der Waals surface area contributed by atoms with Crippen LogP contribution in [0.1, 0.15) is 21.7 Å². The van der Waals surface area contributed by atoms with E-state index >= 15 is 0 Å². The number of nitrogens with one attached hydrogen (secondary N) is 2. The number of aromatic nitrogens is 5. The van der Waals surface area contributed by atoms with Crippen molar-refractivity contribution in [2.45, 2.75) is 13.8 Å². The third-order valence-corrected chi connectivity index (χ3v) is 3.15. The monoisotopic (exact) mass is 282 g/mol. The quantitative estimate of drug-likeness (QED) is 0.767. The smallest absolute Gasteiger partial charge is 0.257 e. The molecule has 7 heteroatoms. The van der Waals surface area contributed by atoms with Crippen molar-refractivity contribution in [1.29, 1.82) is 0 Å². The van der Waals surface area contributed by atoms with Gasteiger partial charge in [0, 0.05) is 18.6 Å². The Morgan fingerprint density at radius 3 is 2.76 bits per heavy atom. The summed E-state index contributed by atoms with van der Waals surface area (Å²) in [5.41, 5.74) is 2.77. The maximum absolute atomic E-state index is 12.2. The van der Waals surface area contributed by atoms with E-state index in [1.807, 2.05) is 13.8 Å². The van der Waals surface area contributed by atoms with E-state index in [1.165, 1.54) is 6.20 Å². The topological polar surface area (TPSA) is 88.5 Å². The number of pyridine rings is 1. The van der Waals surface area contributed by atoms with Crippen molar-refractivity contribution in [3.8, 4) is 5.82 Å². The third-order valence-electron chi connectivity index (χ3n) is 3.15. The lowest BCUT2D eigenvalue weighted by molar-refractivity contribution is 0.102. The van der Waals surface area contributed by atoms with Crippen LogP contribution in [0.5, 0.6) is 0 Å². The minimum Gasteiger partial charge on any atom is -0.319 e. The lowest BCUT2D eigenvalue weighted by atomic mass is 10.2. The zero-order valence-electron chi connectivity index (χ0n) is 11.7. The fourth-order valence-corrected chi connectivity index (χ4v) is 1.99. The van der Waals surface area contributed by atoms with E-state index in [9.17, 15) is 4.79 Å². The van der Waals surface area contributed by atoms with Crippen molar-refractivity contribution in [3.63, 3.8) is 0 Å². The molecule has 0 bridgehead atoms. The number of aryl methyl sites for hydroxylation is 2. The van der Waals surface area contributed by atoms with Crippen LogP contribution in [0.4, 0.5) is 5.69 Å². The lowest BCUT2D eigenvalue weighted by Crippen LogP contribution is -2.13. The van der Waals surface area contributed by atoms with E-state index in [1.54, 1.807) is 35.4 Å². The van der Waals surface area contributed by atoms with Crippen molar-refractivity contribution >= 4 is 11.6 Å². The van der Waals surface area contributed by atoms with Gasteiger partial charge < -0.3 is 5.32 Å². The Hall–Kier alpha value is -2.96. The van der Waals surface area contributed by atoms with E-state index < -0.39 is 0 Å². The van der Waals surface area contributed by atoms with Gasteiger partial charge in [-0.3, -0.25) is 14.5 Å².